The lowest BCUT2D eigenvalue weighted by molar-refractivity contribution is -0.116. The molecule has 7 rings (SSSR count). The van der Waals surface area contributed by atoms with Gasteiger partial charge in [0.15, 0.2) is 5.65 Å². The van der Waals surface area contributed by atoms with Gasteiger partial charge in [0.1, 0.15) is 22.8 Å². The van der Waals surface area contributed by atoms with Gasteiger partial charge in [-0.1, -0.05) is 24.3 Å². The van der Waals surface area contributed by atoms with E-state index in [9.17, 15) is 9.18 Å². The molecule has 2 aromatic heterocycles. The number of H-pyrrole nitrogens is 1. The summed E-state index contributed by atoms with van der Waals surface area (Å²) in [7, 11) is 0. The number of rotatable bonds is 4. The summed E-state index contributed by atoms with van der Waals surface area (Å²) in [5, 5.41) is 10.5. The van der Waals surface area contributed by atoms with Crippen molar-refractivity contribution in [3.05, 3.63) is 65.6 Å². The summed E-state index contributed by atoms with van der Waals surface area (Å²) < 4.78 is 14.7. The van der Waals surface area contributed by atoms with Crippen LogP contribution in [0.25, 0.3) is 22.4 Å². The Balaban J connectivity index is 1.16. The van der Waals surface area contributed by atoms with Crippen molar-refractivity contribution < 1.29 is 9.18 Å². The van der Waals surface area contributed by atoms with E-state index in [1.54, 1.807) is 12.3 Å². The van der Waals surface area contributed by atoms with Gasteiger partial charge in [0.25, 0.3) is 0 Å². The maximum Gasteiger partial charge on any atom is 0.224 e. The number of aromatic nitrogens is 4. The van der Waals surface area contributed by atoms with Gasteiger partial charge < -0.3 is 16.0 Å². The molecule has 3 aliphatic rings. The number of nitrogens with zero attached hydrogens (tertiary/aromatic N) is 4. The van der Waals surface area contributed by atoms with Gasteiger partial charge in [-0.3, -0.25) is 9.89 Å². The van der Waals surface area contributed by atoms with Crippen LogP contribution in [-0.4, -0.2) is 45.7 Å². The maximum absolute atomic E-state index is 14.7. The summed E-state index contributed by atoms with van der Waals surface area (Å²) in [5.41, 5.74) is 11.7. The summed E-state index contributed by atoms with van der Waals surface area (Å²) >= 11 is 0. The van der Waals surface area contributed by atoms with Crippen molar-refractivity contribution in [2.75, 3.05) is 29.9 Å². The zero-order valence-corrected chi connectivity index (χ0v) is 19.7. The first kappa shape index (κ1) is 21.4. The zero-order valence-electron chi connectivity index (χ0n) is 19.7. The Bertz CT molecular complexity index is 1520. The van der Waals surface area contributed by atoms with Crippen LogP contribution in [0.15, 0.2) is 48.7 Å². The number of halogens is 1. The highest BCUT2D eigenvalue weighted by atomic mass is 19.1. The van der Waals surface area contributed by atoms with Crippen molar-refractivity contribution in [2.45, 2.75) is 24.7 Å². The summed E-state index contributed by atoms with van der Waals surface area (Å²) in [6.07, 6.45) is 3.94. The van der Waals surface area contributed by atoms with Crippen LogP contribution in [0.4, 0.5) is 15.9 Å². The third-order valence-electron chi connectivity index (χ3n) is 8.40. The number of aromatic amines is 1. The Labute approximate surface area is 207 Å². The Morgan fingerprint density at radius 2 is 2.06 bits per heavy atom. The summed E-state index contributed by atoms with van der Waals surface area (Å²) in [4.78, 5) is 23.5. The fourth-order valence-corrected chi connectivity index (χ4v) is 6.51. The molecule has 3 atom stereocenters. The van der Waals surface area contributed by atoms with Crippen LogP contribution in [0.5, 0.6) is 0 Å². The quantitative estimate of drug-likeness (QED) is 0.410. The first-order chi connectivity index (χ1) is 17.6. The number of nitrogens with two attached hydrogens (primary N) is 1. The lowest BCUT2D eigenvalue weighted by atomic mass is 9.91. The number of hydrogen-bond acceptors (Lipinski definition) is 6. The van der Waals surface area contributed by atoms with Gasteiger partial charge in [0.2, 0.25) is 5.91 Å². The Kier molecular flexibility index (Phi) is 4.66. The van der Waals surface area contributed by atoms with Crippen molar-refractivity contribution in [1.29, 1.82) is 0 Å². The molecule has 9 heteroatoms. The van der Waals surface area contributed by atoms with E-state index in [1.807, 2.05) is 24.3 Å². The van der Waals surface area contributed by atoms with Crippen molar-refractivity contribution >= 4 is 28.6 Å². The molecule has 0 unspecified atom stereocenters. The monoisotopic (exact) mass is 483 g/mol. The number of aryl methyl sites for hydroxylation is 1. The summed E-state index contributed by atoms with van der Waals surface area (Å²) in [6.45, 7) is 2.04. The number of benzene rings is 2. The second kappa shape index (κ2) is 7.83. The van der Waals surface area contributed by atoms with E-state index in [1.165, 1.54) is 6.07 Å². The smallest absolute Gasteiger partial charge is 0.224 e. The molecule has 1 amide bonds. The SMILES string of the molecule is NC[C@]1(c2ccccc2F)[C@@H]2CCN(c3cnc4c(-c5ccc6c(c5)CCC(=O)N6)n[nH]c4n3)C[C@@H]21. The number of nitrogens with one attached hydrogen (secondary N) is 2. The maximum atomic E-state index is 14.7. The highest BCUT2D eigenvalue weighted by Crippen LogP contribution is 2.63. The molecule has 2 aliphatic heterocycles. The highest BCUT2D eigenvalue weighted by Gasteiger charge is 2.66. The van der Waals surface area contributed by atoms with Crippen LogP contribution in [-0.2, 0) is 16.6 Å². The predicted molar refractivity (Wildman–Crippen MR) is 135 cm³/mol. The Morgan fingerprint density at radius 1 is 1.17 bits per heavy atom. The van der Waals surface area contributed by atoms with Crippen LogP contribution in [0.1, 0.15) is 24.0 Å². The molecule has 4 N–H and O–H groups in total. The molecule has 4 heterocycles. The average Bonchev–Trinajstić information content (AvgIpc) is 3.36. The number of carbonyl (C=O) groups is 1. The lowest BCUT2D eigenvalue weighted by Crippen LogP contribution is -2.32. The van der Waals surface area contributed by atoms with E-state index in [0.29, 0.717) is 42.4 Å². The molecule has 2 fully saturated rings. The molecule has 0 radical (unpaired) electrons. The van der Waals surface area contributed by atoms with E-state index in [0.717, 1.165) is 53.4 Å². The molecule has 4 aromatic rings. The number of anilines is 2. The molecule has 2 aromatic carbocycles. The van der Waals surface area contributed by atoms with E-state index in [2.05, 4.69) is 26.5 Å². The Morgan fingerprint density at radius 3 is 2.92 bits per heavy atom. The molecule has 1 aliphatic carbocycles. The number of fused-ring (bicyclic) bond motifs is 3. The lowest BCUT2D eigenvalue weighted by Gasteiger charge is -2.26. The van der Waals surface area contributed by atoms with Gasteiger partial charge >= 0.3 is 0 Å². The number of carbonyl (C=O) groups excluding carboxylic acids is 1. The topological polar surface area (TPSA) is 113 Å². The first-order valence-corrected chi connectivity index (χ1v) is 12.4. The first-order valence-electron chi connectivity index (χ1n) is 12.4. The third-order valence-corrected chi connectivity index (χ3v) is 8.40. The van der Waals surface area contributed by atoms with E-state index < -0.39 is 0 Å². The number of piperidine rings is 1. The second-order valence-electron chi connectivity index (χ2n) is 10.1. The van der Waals surface area contributed by atoms with Gasteiger partial charge in [-0.25, -0.2) is 14.4 Å². The molecule has 0 bridgehead atoms. The van der Waals surface area contributed by atoms with Crippen molar-refractivity contribution in [1.82, 2.24) is 20.2 Å². The standard InChI is InChI=1S/C27H26FN7O/c28-20-4-2-1-3-18(20)27(14-29)17-9-10-35(13-19(17)27)22-12-30-25-24(33-34-26(25)32-22)16-5-7-21-15(11-16)6-8-23(36)31-21/h1-5,7,11-12,17,19H,6,8-10,13-14,29H2,(H,31,36)(H,32,33,34)/t17-,19+,27-/m1/s1. The van der Waals surface area contributed by atoms with Crippen LogP contribution in [0.2, 0.25) is 0 Å². The minimum absolute atomic E-state index is 0.0479. The molecule has 182 valence electrons. The average molecular weight is 484 g/mol. The molecular weight excluding hydrogens is 457 g/mol. The Hall–Kier alpha value is -3.85. The van der Waals surface area contributed by atoms with E-state index >= 15 is 0 Å². The molecule has 0 spiro atoms. The van der Waals surface area contributed by atoms with Gasteiger partial charge in [-0.05, 0) is 54.0 Å². The molecule has 36 heavy (non-hydrogen) atoms. The van der Waals surface area contributed by atoms with Gasteiger partial charge in [-0.2, -0.15) is 5.10 Å². The highest BCUT2D eigenvalue weighted by molar-refractivity contribution is 5.95. The summed E-state index contributed by atoms with van der Waals surface area (Å²) in [6, 6.07) is 13.0. The van der Waals surface area contributed by atoms with Crippen molar-refractivity contribution in [2.24, 2.45) is 17.6 Å². The fourth-order valence-electron chi connectivity index (χ4n) is 6.51. The molecular formula is C27H26FN7O. The third kappa shape index (κ3) is 3.08. The normalized spacial score (nSPS) is 24.8. The molecule has 1 saturated carbocycles. The predicted octanol–water partition coefficient (Wildman–Crippen LogP) is 3.40. The largest absolute Gasteiger partial charge is 0.355 e. The number of amides is 1. The van der Waals surface area contributed by atoms with Crippen LogP contribution >= 0.6 is 0 Å². The van der Waals surface area contributed by atoms with Crippen LogP contribution in [0, 0.1) is 17.7 Å². The van der Waals surface area contributed by atoms with Gasteiger partial charge in [-0.15, -0.1) is 0 Å². The van der Waals surface area contributed by atoms with Crippen molar-refractivity contribution in [3.63, 3.8) is 0 Å². The minimum atomic E-state index is -0.301. The van der Waals surface area contributed by atoms with Gasteiger partial charge in [0, 0.05) is 42.7 Å². The second-order valence-corrected chi connectivity index (χ2v) is 10.1. The minimum Gasteiger partial charge on any atom is -0.355 e. The number of hydrogen-bond donors (Lipinski definition) is 3. The van der Waals surface area contributed by atoms with Crippen LogP contribution < -0.4 is 16.0 Å². The fraction of sp³-hybridized carbons (Fsp3) is 0.333. The van der Waals surface area contributed by atoms with Gasteiger partial charge in [0.05, 0.1) is 6.20 Å². The van der Waals surface area contributed by atoms with E-state index in [4.69, 9.17) is 15.7 Å². The van der Waals surface area contributed by atoms with E-state index in [-0.39, 0.29) is 17.1 Å². The molecule has 1 saturated heterocycles. The zero-order chi connectivity index (χ0) is 24.4. The summed E-state index contributed by atoms with van der Waals surface area (Å²) in [5.74, 6) is 1.35. The van der Waals surface area contributed by atoms with Crippen LogP contribution in [0.3, 0.4) is 0 Å². The molecule has 8 nitrogen and oxygen atoms in total. The van der Waals surface area contributed by atoms with Crippen molar-refractivity contribution in [3.8, 4) is 11.3 Å².